The van der Waals surface area contributed by atoms with Gasteiger partial charge in [-0.15, -0.1) is 0 Å². The van der Waals surface area contributed by atoms with E-state index in [1.165, 1.54) is 6.07 Å². The number of rotatable bonds is 5. The van der Waals surface area contributed by atoms with E-state index in [0.717, 1.165) is 30.5 Å². The minimum Gasteiger partial charge on any atom is -0.387 e. The molecule has 1 aliphatic heterocycles. The lowest BCUT2D eigenvalue weighted by molar-refractivity contribution is 0.0793. The summed E-state index contributed by atoms with van der Waals surface area (Å²) in [5.74, 6) is -2.22. The third-order valence-corrected chi connectivity index (χ3v) is 4.92. The number of benzene rings is 2. The highest BCUT2D eigenvalue weighted by atomic mass is 19.2. The summed E-state index contributed by atoms with van der Waals surface area (Å²) in [5.41, 5.74) is 1.68. The average molecular weight is 403 g/mol. The zero-order valence-electron chi connectivity index (χ0n) is 16.0. The van der Waals surface area contributed by atoms with Gasteiger partial charge in [-0.05, 0) is 49.1 Å². The van der Waals surface area contributed by atoms with Crippen LogP contribution in [-0.4, -0.2) is 41.6 Å². The molecule has 3 rings (SSSR count). The summed E-state index contributed by atoms with van der Waals surface area (Å²) in [5, 5.41) is 15.3. The van der Waals surface area contributed by atoms with Gasteiger partial charge in [0, 0.05) is 19.6 Å². The molecular weight excluding hydrogens is 380 g/mol. The van der Waals surface area contributed by atoms with Crippen molar-refractivity contribution in [2.45, 2.75) is 25.9 Å². The van der Waals surface area contributed by atoms with Crippen molar-refractivity contribution in [3.63, 3.8) is 0 Å². The maximum Gasteiger partial charge on any atom is 0.319 e. The number of nitrogens with zero attached hydrogens (tertiary/aromatic N) is 1. The molecule has 3 N–H and O–H groups in total. The van der Waals surface area contributed by atoms with E-state index >= 15 is 0 Å². The number of likely N-dealkylation sites (tertiary alicyclic amines) is 1. The standard InChI is InChI=1S/C21H23F2N3O3/c1-13-5-4-6-15(20(28)26-9-2-3-10-26)19(13)25-21(29)24-12-18(27)14-7-8-16(22)17(23)11-14/h4-8,11,18,27H,2-3,9-10,12H2,1H3,(H2,24,25,29). The van der Waals surface area contributed by atoms with Crippen LogP contribution >= 0.6 is 0 Å². The lowest BCUT2D eigenvalue weighted by atomic mass is 10.1. The first-order valence-electron chi connectivity index (χ1n) is 9.43. The van der Waals surface area contributed by atoms with E-state index in [4.69, 9.17) is 0 Å². The second kappa shape index (κ2) is 9.00. The second-order valence-electron chi connectivity index (χ2n) is 7.02. The third kappa shape index (κ3) is 4.89. The average Bonchev–Trinajstić information content (AvgIpc) is 3.24. The number of amides is 3. The summed E-state index contributed by atoms with van der Waals surface area (Å²) in [4.78, 5) is 26.8. The highest BCUT2D eigenvalue weighted by Gasteiger charge is 2.23. The molecule has 1 saturated heterocycles. The fourth-order valence-corrected chi connectivity index (χ4v) is 3.29. The number of carbonyl (C=O) groups excluding carboxylic acids is 2. The molecule has 154 valence electrons. The highest BCUT2D eigenvalue weighted by molar-refractivity contribution is 6.04. The van der Waals surface area contributed by atoms with Crippen LogP contribution in [0.5, 0.6) is 0 Å². The van der Waals surface area contributed by atoms with E-state index in [0.29, 0.717) is 24.3 Å². The van der Waals surface area contributed by atoms with Crippen molar-refractivity contribution < 1.29 is 23.5 Å². The number of nitrogens with one attached hydrogen (secondary N) is 2. The number of urea groups is 1. The van der Waals surface area contributed by atoms with E-state index in [1.54, 1.807) is 30.0 Å². The molecule has 0 aliphatic carbocycles. The summed E-state index contributed by atoms with van der Waals surface area (Å²) in [7, 11) is 0. The molecule has 1 unspecified atom stereocenters. The van der Waals surface area contributed by atoms with E-state index in [-0.39, 0.29) is 18.0 Å². The maximum atomic E-state index is 13.3. The van der Waals surface area contributed by atoms with Gasteiger partial charge in [0.05, 0.1) is 17.4 Å². The smallest absolute Gasteiger partial charge is 0.319 e. The van der Waals surface area contributed by atoms with Crippen molar-refractivity contribution in [3.8, 4) is 0 Å². The molecule has 1 aliphatic rings. The monoisotopic (exact) mass is 403 g/mol. The Morgan fingerprint density at radius 2 is 1.86 bits per heavy atom. The van der Waals surface area contributed by atoms with E-state index in [1.807, 2.05) is 0 Å². The zero-order chi connectivity index (χ0) is 21.0. The Kier molecular flexibility index (Phi) is 6.43. The Labute approximate surface area is 167 Å². The number of halogens is 2. The molecule has 2 aromatic carbocycles. The van der Waals surface area contributed by atoms with Gasteiger partial charge in [-0.25, -0.2) is 13.6 Å². The van der Waals surface area contributed by atoms with Crippen LogP contribution in [0.4, 0.5) is 19.3 Å². The molecule has 0 bridgehead atoms. The number of aliphatic hydroxyl groups is 1. The lowest BCUT2D eigenvalue weighted by Crippen LogP contribution is -2.34. The molecule has 0 aromatic heterocycles. The number of hydrogen-bond donors (Lipinski definition) is 3. The molecule has 3 amide bonds. The van der Waals surface area contributed by atoms with Crippen molar-refractivity contribution in [2.24, 2.45) is 0 Å². The normalized spacial score (nSPS) is 14.6. The molecule has 1 fully saturated rings. The van der Waals surface area contributed by atoms with Crippen LogP contribution in [0.25, 0.3) is 0 Å². The van der Waals surface area contributed by atoms with Gasteiger partial charge < -0.3 is 20.6 Å². The van der Waals surface area contributed by atoms with Crippen molar-refractivity contribution in [1.29, 1.82) is 0 Å². The molecule has 0 saturated carbocycles. The van der Waals surface area contributed by atoms with Crippen LogP contribution in [0.1, 0.15) is 40.4 Å². The van der Waals surface area contributed by atoms with Crippen LogP contribution in [0.3, 0.4) is 0 Å². The largest absolute Gasteiger partial charge is 0.387 e. The van der Waals surface area contributed by atoms with E-state index < -0.39 is 23.8 Å². The fraction of sp³-hybridized carbons (Fsp3) is 0.333. The van der Waals surface area contributed by atoms with Crippen LogP contribution in [-0.2, 0) is 0 Å². The molecule has 0 spiro atoms. The number of hydrogen-bond acceptors (Lipinski definition) is 3. The van der Waals surface area contributed by atoms with Crippen LogP contribution < -0.4 is 10.6 Å². The van der Waals surface area contributed by atoms with Crippen LogP contribution in [0, 0.1) is 18.6 Å². The third-order valence-electron chi connectivity index (χ3n) is 4.92. The summed E-state index contributed by atoms with van der Waals surface area (Å²) in [6, 6.07) is 7.64. The van der Waals surface area contributed by atoms with Gasteiger partial charge >= 0.3 is 6.03 Å². The highest BCUT2D eigenvalue weighted by Crippen LogP contribution is 2.24. The molecule has 6 nitrogen and oxygen atoms in total. The van der Waals surface area contributed by atoms with Gasteiger partial charge in [-0.3, -0.25) is 4.79 Å². The molecule has 0 radical (unpaired) electrons. The molecule has 1 heterocycles. The summed E-state index contributed by atoms with van der Waals surface area (Å²) < 4.78 is 26.3. The predicted octanol–water partition coefficient (Wildman–Crippen LogP) is 3.36. The predicted molar refractivity (Wildman–Crippen MR) is 105 cm³/mol. The van der Waals surface area contributed by atoms with Gasteiger partial charge in [-0.1, -0.05) is 18.2 Å². The van der Waals surface area contributed by atoms with Gasteiger partial charge in [0.1, 0.15) is 0 Å². The number of aryl methyl sites for hydroxylation is 1. The Hall–Kier alpha value is -3.00. The van der Waals surface area contributed by atoms with Crippen molar-refractivity contribution >= 4 is 17.6 Å². The first kappa shape index (κ1) is 20.7. The summed E-state index contributed by atoms with van der Waals surface area (Å²) in [6.45, 7) is 2.96. The van der Waals surface area contributed by atoms with Crippen molar-refractivity contribution in [3.05, 3.63) is 64.7 Å². The number of anilines is 1. The Morgan fingerprint density at radius 1 is 1.14 bits per heavy atom. The Morgan fingerprint density at radius 3 is 2.55 bits per heavy atom. The maximum absolute atomic E-state index is 13.3. The SMILES string of the molecule is Cc1cccc(C(=O)N2CCCC2)c1NC(=O)NCC(O)c1ccc(F)c(F)c1. The second-order valence-corrected chi connectivity index (χ2v) is 7.02. The summed E-state index contributed by atoms with van der Waals surface area (Å²) in [6.07, 6.45) is 0.712. The Balaban J connectivity index is 1.65. The number of para-hydroxylation sites is 1. The van der Waals surface area contributed by atoms with Crippen molar-refractivity contribution in [2.75, 3.05) is 25.0 Å². The minimum absolute atomic E-state index is 0.136. The molecule has 1 atom stereocenters. The quantitative estimate of drug-likeness (QED) is 0.716. The van der Waals surface area contributed by atoms with E-state index in [2.05, 4.69) is 10.6 Å². The topological polar surface area (TPSA) is 81.7 Å². The number of aliphatic hydroxyl groups excluding tert-OH is 1. The number of carbonyl (C=O) groups is 2. The van der Waals surface area contributed by atoms with Crippen LogP contribution in [0.15, 0.2) is 36.4 Å². The zero-order valence-corrected chi connectivity index (χ0v) is 16.0. The van der Waals surface area contributed by atoms with Crippen LogP contribution in [0.2, 0.25) is 0 Å². The fourth-order valence-electron chi connectivity index (χ4n) is 3.29. The first-order chi connectivity index (χ1) is 13.9. The van der Waals surface area contributed by atoms with Gasteiger partial charge in [0.25, 0.3) is 5.91 Å². The van der Waals surface area contributed by atoms with E-state index in [9.17, 15) is 23.5 Å². The first-order valence-corrected chi connectivity index (χ1v) is 9.43. The molecular formula is C21H23F2N3O3. The van der Waals surface area contributed by atoms with Crippen molar-refractivity contribution in [1.82, 2.24) is 10.2 Å². The minimum atomic E-state index is -1.21. The van der Waals surface area contributed by atoms with Gasteiger partial charge in [0.2, 0.25) is 0 Å². The lowest BCUT2D eigenvalue weighted by Gasteiger charge is -2.20. The Bertz CT molecular complexity index is 914. The molecule has 2 aromatic rings. The molecule has 29 heavy (non-hydrogen) atoms. The summed E-state index contributed by atoms with van der Waals surface area (Å²) >= 11 is 0. The van der Waals surface area contributed by atoms with Gasteiger partial charge in [0.15, 0.2) is 11.6 Å². The van der Waals surface area contributed by atoms with Gasteiger partial charge in [-0.2, -0.15) is 0 Å². The molecule has 8 heteroatoms.